The van der Waals surface area contributed by atoms with Gasteiger partial charge in [-0.05, 0) is 36.2 Å². The predicted octanol–water partition coefficient (Wildman–Crippen LogP) is 4.63. The maximum Gasteiger partial charge on any atom is 0.243 e. The number of benzene rings is 4. The van der Waals surface area contributed by atoms with E-state index in [2.05, 4.69) is 30.8 Å². The molecule has 1 fully saturated rings. The van der Waals surface area contributed by atoms with Gasteiger partial charge in [0.25, 0.3) is 0 Å². The van der Waals surface area contributed by atoms with Gasteiger partial charge in [0.2, 0.25) is 10.0 Å². The number of hydrogen-bond acceptors (Lipinski definition) is 4. The van der Waals surface area contributed by atoms with Crippen LogP contribution in [-0.2, 0) is 10.0 Å². The predicted molar refractivity (Wildman–Crippen MR) is 163 cm³/mol. The van der Waals surface area contributed by atoms with Crippen molar-refractivity contribution < 1.29 is 18.6 Å². The lowest BCUT2D eigenvalue weighted by molar-refractivity contribution is 0.187. The third kappa shape index (κ3) is 4.85. The SMILES string of the molecule is Cc1ccc(S(=O)(=O)N2[C@H](CO)[C@@H]([Si](C)(c3ccccc3)c3ccccc3)[C@H](CO)[C@@H]2c2ccccc2Cl)cc1. The van der Waals surface area contributed by atoms with Crippen molar-refractivity contribution in [3.63, 3.8) is 0 Å². The maximum absolute atomic E-state index is 14.5. The fraction of sp³-hybridized carbons (Fsp3) is 0.250. The smallest absolute Gasteiger partial charge is 0.243 e. The zero-order valence-electron chi connectivity index (χ0n) is 22.6. The Morgan fingerprint density at radius 1 is 0.775 bits per heavy atom. The Morgan fingerprint density at radius 3 is 1.80 bits per heavy atom. The van der Waals surface area contributed by atoms with Gasteiger partial charge in [-0.2, -0.15) is 4.31 Å². The largest absolute Gasteiger partial charge is 0.396 e. The van der Waals surface area contributed by atoms with Crippen LogP contribution in [0.15, 0.2) is 114 Å². The Hall–Kier alpha value is -2.78. The lowest BCUT2D eigenvalue weighted by Gasteiger charge is -2.40. The van der Waals surface area contributed by atoms with Crippen molar-refractivity contribution in [2.45, 2.75) is 36.0 Å². The van der Waals surface area contributed by atoms with Gasteiger partial charge in [0.05, 0.1) is 23.6 Å². The van der Waals surface area contributed by atoms with Crippen molar-refractivity contribution in [3.05, 3.63) is 125 Å². The Bertz CT molecular complexity index is 1510. The molecule has 0 bridgehead atoms. The van der Waals surface area contributed by atoms with Crippen LogP contribution in [0.5, 0.6) is 0 Å². The summed E-state index contributed by atoms with van der Waals surface area (Å²) in [5, 5.41) is 24.8. The van der Waals surface area contributed by atoms with Crippen LogP contribution in [0.25, 0.3) is 0 Å². The lowest BCUT2D eigenvalue weighted by atomic mass is 9.93. The maximum atomic E-state index is 14.5. The van der Waals surface area contributed by atoms with Gasteiger partial charge in [0.15, 0.2) is 0 Å². The minimum Gasteiger partial charge on any atom is -0.396 e. The highest BCUT2D eigenvalue weighted by Crippen LogP contribution is 2.54. The number of hydrogen-bond donors (Lipinski definition) is 2. The highest BCUT2D eigenvalue weighted by molar-refractivity contribution is 7.89. The van der Waals surface area contributed by atoms with Gasteiger partial charge in [0, 0.05) is 17.5 Å². The first-order chi connectivity index (χ1) is 19.2. The summed E-state index contributed by atoms with van der Waals surface area (Å²) >= 11 is 6.74. The van der Waals surface area contributed by atoms with E-state index in [-0.39, 0.29) is 17.0 Å². The molecule has 5 rings (SSSR count). The summed E-state index contributed by atoms with van der Waals surface area (Å²) in [6.07, 6.45) is 0. The van der Waals surface area contributed by atoms with Gasteiger partial charge >= 0.3 is 0 Å². The molecule has 0 saturated carbocycles. The lowest BCUT2D eigenvalue weighted by Crippen LogP contribution is -2.63. The number of sulfonamides is 1. The molecule has 0 radical (unpaired) electrons. The topological polar surface area (TPSA) is 77.8 Å². The number of aryl methyl sites for hydroxylation is 1. The molecule has 1 heterocycles. The van der Waals surface area contributed by atoms with Crippen molar-refractivity contribution >= 4 is 40.1 Å². The van der Waals surface area contributed by atoms with Crippen LogP contribution in [0.1, 0.15) is 17.2 Å². The first-order valence-corrected chi connectivity index (χ1v) is 17.8. The molecule has 208 valence electrons. The summed E-state index contributed by atoms with van der Waals surface area (Å²) in [6, 6.07) is 32.7. The van der Waals surface area contributed by atoms with E-state index in [9.17, 15) is 18.6 Å². The molecule has 40 heavy (non-hydrogen) atoms. The van der Waals surface area contributed by atoms with Crippen LogP contribution < -0.4 is 10.4 Å². The fourth-order valence-corrected chi connectivity index (χ4v) is 13.9. The molecule has 1 aliphatic heterocycles. The quantitative estimate of drug-likeness (QED) is 0.293. The van der Waals surface area contributed by atoms with Crippen molar-refractivity contribution in [1.29, 1.82) is 0 Å². The molecule has 0 aliphatic carbocycles. The van der Waals surface area contributed by atoms with Gasteiger partial charge < -0.3 is 10.2 Å². The van der Waals surface area contributed by atoms with E-state index < -0.39 is 42.7 Å². The van der Waals surface area contributed by atoms with E-state index in [1.165, 1.54) is 4.31 Å². The molecule has 0 spiro atoms. The number of aliphatic hydroxyl groups excluding tert-OH is 2. The summed E-state index contributed by atoms with van der Waals surface area (Å²) in [5.74, 6) is -0.519. The summed E-state index contributed by atoms with van der Waals surface area (Å²) in [4.78, 5) is 0.147. The molecule has 5 nitrogen and oxygen atoms in total. The van der Waals surface area contributed by atoms with Gasteiger partial charge in [-0.3, -0.25) is 0 Å². The Morgan fingerprint density at radius 2 is 1.30 bits per heavy atom. The average Bonchev–Trinajstić information content (AvgIpc) is 3.33. The summed E-state index contributed by atoms with van der Waals surface area (Å²) in [5.41, 5.74) is 1.20. The van der Waals surface area contributed by atoms with Crippen LogP contribution in [-0.4, -0.2) is 50.3 Å². The van der Waals surface area contributed by atoms with Crippen molar-refractivity contribution in [2.24, 2.45) is 5.92 Å². The molecule has 4 aromatic rings. The standard InChI is InChI=1S/C32H34ClNO4SSi/c1-23-17-19-24(20-18-23)39(37,38)34-30(22-36)32(28(21-35)31(34)27-15-9-10-16-29(27)33)40(2,25-11-5-3-6-12-25)26-13-7-4-8-14-26/h3-20,28,30-32,35-36H,21-22H2,1-2H3/t28-,30-,31+,32+/m1/s1. The van der Waals surface area contributed by atoms with Gasteiger partial charge in [-0.25, -0.2) is 8.42 Å². The molecule has 2 N–H and O–H groups in total. The number of rotatable bonds is 8. The van der Waals surface area contributed by atoms with Crippen LogP contribution in [0.2, 0.25) is 17.1 Å². The minimum absolute atomic E-state index is 0.147. The first kappa shape index (κ1) is 28.7. The first-order valence-electron chi connectivity index (χ1n) is 13.4. The molecule has 0 aromatic heterocycles. The average molecular weight is 592 g/mol. The van der Waals surface area contributed by atoms with E-state index in [4.69, 9.17) is 11.6 Å². The molecule has 0 unspecified atom stereocenters. The van der Waals surface area contributed by atoms with E-state index in [0.29, 0.717) is 10.6 Å². The molecule has 0 amide bonds. The molecule has 1 aliphatic rings. The van der Waals surface area contributed by atoms with Crippen molar-refractivity contribution in [1.82, 2.24) is 4.31 Å². The zero-order valence-corrected chi connectivity index (χ0v) is 25.1. The second-order valence-corrected chi connectivity index (χ2v) is 17.1. The second kappa shape index (κ2) is 11.6. The number of aliphatic hydroxyl groups is 2. The van der Waals surface area contributed by atoms with E-state index in [1.54, 1.807) is 36.4 Å². The van der Waals surface area contributed by atoms with Gasteiger partial charge in [-0.1, -0.05) is 125 Å². The van der Waals surface area contributed by atoms with Crippen molar-refractivity contribution in [3.8, 4) is 0 Å². The van der Waals surface area contributed by atoms with Crippen LogP contribution in [0.4, 0.5) is 0 Å². The zero-order chi connectivity index (χ0) is 28.5. The summed E-state index contributed by atoms with van der Waals surface area (Å²) in [6.45, 7) is 3.47. The van der Waals surface area contributed by atoms with Crippen molar-refractivity contribution in [2.75, 3.05) is 13.2 Å². The van der Waals surface area contributed by atoms with Gasteiger partial charge in [0.1, 0.15) is 8.07 Å². The van der Waals surface area contributed by atoms with E-state index in [1.807, 2.05) is 55.5 Å². The normalized spacial score (nSPS) is 21.9. The minimum atomic E-state index is -4.11. The second-order valence-electron chi connectivity index (χ2n) is 10.7. The number of nitrogens with zero attached hydrogens (tertiary/aromatic N) is 1. The molecular formula is C32H34ClNO4SSi. The Labute approximate surface area is 242 Å². The Kier molecular flexibility index (Phi) is 8.34. The molecule has 4 aromatic carbocycles. The molecule has 4 atom stereocenters. The molecular weight excluding hydrogens is 558 g/mol. The molecule has 8 heteroatoms. The van der Waals surface area contributed by atoms with Crippen LogP contribution in [0.3, 0.4) is 0 Å². The Balaban J connectivity index is 1.81. The third-order valence-electron chi connectivity index (χ3n) is 8.51. The van der Waals surface area contributed by atoms with Gasteiger partial charge in [-0.15, -0.1) is 0 Å². The highest BCUT2D eigenvalue weighted by Gasteiger charge is 2.61. The van der Waals surface area contributed by atoms with E-state index in [0.717, 1.165) is 15.9 Å². The monoisotopic (exact) mass is 591 g/mol. The fourth-order valence-electron chi connectivity index (χ4n) is 6.62. The number of halogens is 1. The molecule has 1 saturated heterocycles. The summed E-state index contributed by atoms with van der Waals surface area (Å²) < 4.78 is 30.5. The summed E-state index contributed by atoms with van der Waals surface area (Å²) in [7, 11) is -6.93. The third-order valence-corrected chi connectivity index (χ3v) is 16.0. The van der Waals surface area contributed by atoms with Crippen LogP contribution in [0, 0.1) is 12.8 Å². The highest BCUT2D eigenvalue weighted by atomic mass is 35.5. The van der Waals surface area contributed by atoms with Crippen LogP contribution >= 0.6 is 11.6 Å². The van der Waals surface area contributed by atoms with E-state index >= 15 is 0 Å².